The van der Waals surface area contributed by atoms with E-state index in [9.17, 15) is 31.1 Å². The van der Waals surface area contributed by atoms with Gasteiger partial charge in [0.25, 0.3) is 0 Å². The zero-order chi connectivity index (χ0) is 27.0. The van der Waals surface area contributed by atoms with Crippen molar-refractivity contribution in [3.63, 3.8) is 0 Å². The van der Waals surface area contributed by atoms with Gasteiger partial charge in [-0.1, -0.05) is 18.2 Å². The molecule has 0 aliphatic rings. The highest BCUT2D eigenvalue weighted by atomic mass is 19.4. The zero-order valence-electron chi connectivity index (χ0n) is 19.2. The Bertz CT molecular complexity index is 1460. The van der Waals surface area contributed by atoms with Crippen molar-refractivity contribution in [2.45, 2.75) is 32.3 Å². The van der Waals surface area contributed by atoms with Crippen molar-refractivity contribution in [2.75, 3.05) is 0 Å². The predicted octanol–water partition coefficient (Wildman–Crippen LogP) is 5.88. The molecule has 3 aromatic heterocycles. The van der Waals surface area contributed by atoms with E-state index in [2.05, 4.69) is 20.1 Å². The number of halogens is 6. The van der Waals surface area contributed by atoms with Gasteiger partial charge < -0.3 is 4.74 Å². The summed E-state index contributed by atoms with van der Waals surface area (Å²) in [5.74, 6) is -1.17. The third-order valence-corrected chi connectivity index (χ3v) is 4.91. The summed E-state index contributed by atoms with van der Waals surface area (Å²) in [7, 11) is 0. The molecule has 192 valence electrons. The summed E-state index contributed by atoms with van der Waals surface area (Å²) in [6.45, 7) is 3.29. The number of nitrogens with zero attached hydrogens (tertiary/aromatic N) is 5. The number of benzene rings is 1. The average molecular weight is 521 g/mol. The molecule has 4 aromatic rings. The van der Waals surface area contributed by atoms with Crippen molar-refractivity contribution in [1.82, 2.24) is 24.7 Å². The van der Waals surface area contributed by atoms with Crippen molar-refractivity contribution >= 4 is 28.6 Å². The molecule has 0 aliphatic heterocycles. The van der Waals surface area contributed by atoms with Crippen LogP contribution < -0.4 is 0 Å². The molecule has 0 amide bonds. The van der Waals surface area contributed by atoms with Gasteiger partial charge in [-0.05, 0) is 43.7 Å². The Kier molecular flexibility index (Phi) is 6.72. The second kappa shape index (κ2) is 9.64. The Morgan fingerprint density at radius 2 is 1.65 bits per heavy atom. The number of carbonyl (C=O) groups excluding carboxylic acids is 1. The standard InChI is InChI=1S/C24H17F6N5O2/c1-13(2)37-22(36)17(15-6-5-14-4-3-7-31-18(14)8-15)11-35-12-32-21(34-35)16-9-19(23(25,26)27)33-20(10-16)24(28,29)30/h3-13H,1-2H3/b17-11+. The van der Waals surface area contributed by atoms with Crippen molar-refractivity contribution in [3.8, 4) is 11.4 Å². The maximum atomic E-state index is 13.2. The molecule has 13 heteroatoms. The number of carbonyl (C=O) groups is 1. The maximum absolute atomic E-state index is 13.2. The normalized spacial score (nSPS) is 12.8. The van der Waals surface area contributed by atoms with Crippen LogP contribution in [-0.4, -0.2) is 36.8 Å². The number of pyridine rings is 2. The summed E-state index contributed by atoms with van der Waals surface area (Å²) < 4.78 is 85.4. The first kappa shape index (κ1) is 25.8. The van der Waals surface area contributed by atoms with Gasteiger partial charge in [-0.25, -0.2) is 19.4 Å². The maximum Gasteiger partial charge on any atom is 0.433 e. The van der Waals surface area contributed by atoms with Crippen LogP contribution in [0.15, 0.2) is 55.0 Å². The van der Waals surface area contributed by atoms with Crippen LogP contribution in [0, 0.1) is 0 Å². The first-order valence-electron chi connectivity index (χ1n) is 10.7. The molecule has 37 heavy (non-hydrogen) atoms. The number of aromatic nitrogens is 5. The van der Waals surface area contributed by atoms with Crippen LogP contribution in [0.3, 0.4) is 0 Å². The van der Waals surface area contributed by atoms with E-state index < -0.39 is 47.2 Å². The lowest BCUT2D eigenvalue weighted by molar-refractivity contribution is -0.150. The minimum atomic E-state index is -5.13. The van der Waals surface area contributed by atoms with Gasteiger partial charge in [-0.15, -0.1) is 5.10 Å². The highest BCUT2D eigenvalue weighted by Crippen LogP contribution is 2.35. The number of alkyl halides is 6. The van der Waals surface area contributed by atoms with Crippen LogP contribution in [0.2, 0.25) is 0 Å². The third-order valence-electron chi connectivity index (χ3n) is 4.91. The SMILES string of the molecule is CC(C)OC(=O)/C(=C/n1cnc(-c2cc(C(F)(F)F)nc(C(F)(F)F)c2)n1)c1ccc2cccnc2c1. The van der Waals surface area contributed by atoms with E-state index in [1.54, 1.807) is 44.3 Å². The van der Waals surface area contributed by atoms with Crippen LogP contribution in [-0.2, 0) is 21.9 Å². The molecular formula is C24H17F6N5O2. The summed E-state index contributed by atoms with van der Waals surface area (Å²) in [5.41, 5.74) is -3.04. The Hall–Kier alpha value is -4.29. The molecule has 0 saturated heterocycles. The first-order chi connectivity index (χ1) is 17.3. The minimum absolute atomic E-state index is 0.0133. The van der Waals surface area contributed by atoms with E-state index in [0.29, 0.717) is 23.2 Å². The van der Waals surface area contributed by atoms with Gasteiger partial charge in [0.15, 0.2) is 5.82 Å². The van der Waals surface area contributed by atoms with Crippen LogP contribution in [0.4, 0.5) is 26.3 Å². The lowest BCUT2D eigenvalue weighted by atomic mass is 10.0. The van der Waals surface area contributed by atoms with Crippen molar-refractivity contribution in [1.29, 1.82) is 0 Å². The molecule has 3 heterocycles. The molecule has 0 aliphatic carbocycles. The summed E-state index contributed by atoms with van der Waals surface area (Å²) in [6, 6.07) is 9.41. The molecule has 0 unspecified atom stereocenters. The second-order valence-electron chi connectivity index (χ2n) is 8.08. The number of hydrogen-bond acceptors (Lipinski definition) is 6. The summed E-state index contributed by atoms with van der Waals surface area (Å²) in [4.78, 5) is 23.6. The average Bonchev–Trinajstić information content (AvgIpc) is 3.29. The number of ether oxygens (including phenoxy) is 1. The monoisotopic (exact) mass is 521 g/mol. The number of hydrogen-bond donors (Lipinski definition) is 0. The molecule has 0 bridgehead atoms. The molecule has 0 fully saturated rings. The van der Waals surface area contributed by atoms with Crippen LogP contribution >= 0.6 is 0 Å². The smallest absolute Gasteiger partial charge is 0.433 e. The molecule has 0 N–H and O–H groups in total. The summed E-state index contributed by atoms with van der Waals surface area (Å²) in [6.07, 6.45) is -6.91. The molecule has 4 rings (SSSR count). The van der Waals surface area contributed by atoms with Gasteiger partial charge in [0.1, 0.15) is 17.7 Å². The lowest BCUT2D eigenvalue weighted by Crippen LogP contribution is -2.15. The number of esters is 1. The van der Waals surface area contributed by atoms with Crippen molar-refractivity contribution in [2.24, 2.45) is 0 Å². The van der Waals surface area contributed by atoms with Crippen LogP contribution in [0.1, 0.15) is 30.8 Å². The minimum Gasteiger partial charge on any atom is -0.459 e. The fourth-order valence-corrected chi connectivity index (χ4v) is 3.31. The van der Waals surface area contributed by atoms with E-state index in [1.807, 2.05) is 6.07 Å². The highest BCUT2D eigenvalue weighted by molar-refractivity contribution is 6.20. The molecule has 1 aromatic carbocycles. The molecule has 0 radical (unpaired) electrons. The largest absolute Gasteiger partial charge is 0.459 e. The lowest BCUT2D eigenvalue weighted by Gasteiger charge is -2.12. The number of fused-ring (bicyclic) bond motifs is 1. The van der Waals surface area contributed by atoms with Gasteiger partial charge in [0.05, 0.1) is 17.2 Å². The molecule has 7 nitrogen and oxygen atoms in total. The van der Waals surface area contributed by atoms with Gasteiger partial charge in [-0.2, -0.15) is 26.3 Å². The van der Waals surface area contributed by atoms with Crippen LogP contribution in [0.25, 0.3) is 34.1 Å². The van der Waals surface area contributed by atoms with E-state index in [0.717, 1.165) is 16.4 Å². The van der Waals surface area contributed by atoms with E-state index >= 15 is 0 Å². The van der Waals surface area contributed by atoms with Gasteiger partial charge in [0, 0.05) is 23.3 Å². The number of rotatable bonds is 5. The Morgan fingerprint density at radius 1 is 0.973 bits per heavy atom. The Balaban J connectivity index is 1.79. The fraction of sp³-hybridized carbons (Fsp3) is 0.208. The van der Waals surface area contributed by atoms with Gasteiger partial charge >= 0.3 is 18.3 Å². The van der Waals surface area contributed by atoms with E-state index in [4.69, 9.17) is 4.74 Å². The third kappa shape index (κ3) is 5.93. The van der Waals surface area contributed by atoms with Crippen molar-refractivity contribution < 1.29 is 35.9 Å². The van der Waals surface area contributed by atoms with Gasteiger partial charge in [-0.3, -0.25) is 4.98 Å². The molecular weight excluding hydrogens is 504 g/mol. The molecule has 0 spiro atoms. The fourth-order valence-electron chi connectivity index (χ4n) is 3.31. The Labute approximate surface area is 205 Å². The summed E-state index contributed by atoms with van der Waals surface area (Å²) in [5, 5.41) is 4.77. The zero-order valence-corrected chi connectivity index (χ0v) is 19.2. The van der Waals surface area contributed by atoms with Crippen molar-refractivity contribution in [3.05, 3.63) is 71.9 Å². The topological polar surface area (TPSA) is 82.8 Å². The van der Waals surface area contributed by atoms with E-state index in [-0.39, 0.29) is 5.57 Å². The predicted molar refractivity (Wildman–Crippen MR) is 120 cm³/mol. The van der Waals surface area contributed by atoms with E-state index in [1.165, 1.54) is 6.20 Å². The van der Waals surface area contributed by atoms with Crippen LogP contribution in [0.5, 0.6) is 0 Å². The molecule has 0 saturated carbocycles. The second-order valence-corrected chi connectivity index (χ2v) is 8.08. The highest BCUT2D eigenvalue weighted by Gasteiger charge is 2.39. The van der Waals surface area contributed by atoms with Gasteiger partial charge in [0.2, 0.25) is 0 Å². The first-order valence-corrected chi connectivity index (χ1v) is 10.7. The quantitative estimate of drug-likeness (QED) is 0.186. The molecule has 0 atom stereocenters. The Morgan fingerprint density at radius 3 is 2.27 bits per heavy atom. The summed E-state index contributed by atoms with van der Waals surface area (Å²) >= 11 is 0.